The number of rotatable bonds is 4. The zero-order chi connectivity index (χ0) is 52.8. The zero-order valence-corrected chi connectivity index (χ0v) is 44.5. The molecule has 2 heteroatoms. The van der Waals surface area contributed by atoms with E-state index in [1.165, 1.54) is 156 Å². The molecule has 0 bridgehead atoms. The number of nitrogens with zero attached hydrogens (tertiary/aromatic N) is 2. The first-order valence-electron chi connectivity index (χ1n) is 28.0. The van der Waals surface area contributed by atoms with Gasteiger partial charge in [-0.15, -0.1) is 0 Å². The summed E-state index contributed by atoms with van der Waals surface area (Å²) in [6.45, 7) is 0. The first-order chi connectivity index (χ1) is 39.6. The van der Waals surface area contributed by atoms with Crippen LogP contribution in [0.3, 0.4) is 0 Å². The largest absolute Gasteiger partial charge is 0.344 e. The molecule has 13 aromatic carbocycles. The van der Waals surface area contributed by atoms with Crippen LogP contribution in [0.25, 0.3) is 88.3 Å². The highest BCUT2D eigenvalue weighted by molar-refractivity contribution is 6.20. The Balaban J connectivity index is 0.963. The first kappa shape index (κ1) is 45.0. The van der Waals surface area contributed by atoms with Crippen LogP contribution >= 0.6 is 0 Å². The lowest BCUT2D eigenvalue weighted by atomic mass is 9.64. The Hall–Kier alpha value is -10.0. The molecule has 2 aliphatic heterocycles. The predicted molar refractivity (Wildman–Crippen MR) is 334 cm³/mol. The Labute approximate surface area is 466 Å². The van der Waals surface area contributed by atoms with E-state index in [1.54, 1.807) is 0 Å². The van der Waals surface area contributed by atoms with Crippen molar-refractivity contribution in [2.24, 2.45) is 0 Å². The van der Waals surface area contributed by atoms with Crippen molar-refractivity contribution >= 4 is 44.3 Å². The average molecular weight is 1020 g/mol. The fourth-order valence-corrected chi connectivity index (χ4v) is 15.6. The minimum absolute atomic E-state index is 0.521. The van der Waals surface area contributed by atoms with Gasteiger partial charge in [-0.05, 0) is 140 Å². The van der Waals surface area contributed by atoms with Gasteiger partial charge in [-0.2, -0.15) is 0 Å². The molecule has 0 aromatic heterocycles. The molecule has 0 unspecified atom stereocenters. The molecule has 13 aromatic rings. The molecule has 2 heterocycles. The van der Waals surface area contributed by atoms with Crippen LogP contribution in [-0.2, 0) is 10.8 Å². The lowest BCUT2D eigenvalue weighted by Crippen LogP contribution is -2.36. The zero-order valence-electron chi connectivity index (χ0n) is 44.5. The summed E-state index contributed by atoms with van der Waals surface area (Å²) in [5.41, 5.74) is 29.3. The van der Waals surface area contributed by atoms with E-state index in [-0.39, 0.29) is 0 Å². The summed E-state index contributed by atoms with van der Waals surface area (Å²) < 4.78 is 0. The average Bonchev–Trinajstić information content (AvgIpc) is 3.93. The van der Waals surface area contributed by atoms with Crippen LogP contribution in [0.5, 0.6) is 0 Å². The number of benzene rings is 13. The van der Waals surface area contributed by atoms with Gasteiger partial charge >= 0.3 is 0 Å². The fourth-order valence-electron chi connectivity index (χ4n) is 15.6. The SMILES string of the molecule is CN1c2ccccc2C2(c3ccccc3-c3ccccc32)c2cccc(-c3cccc4c(-c5ccc(-c6ccccc6)cc5)c5cccc(-c6cccc7c6N(C)c6ccccc6C76c7ccccc7-c7ccccc76)c5cc34)c21. The number of fused-ring (bicyclic) bond motifs is 20. The van der Waals surface area contributed by atoms with Crippen LogP contribution in [0.1, 0.15) is 44.5 Å². The monoisotopic (exact) mass is 1020 g/mol. The third kappa shape index (κ3) is 5.77. The lowest BCUT2D eigenvalue weighted by Gasteiger charge is -2.44. The number of hydrogen-bond acceptors (Lipinski definition) is 2. The summed E-state index contributed by atoms with van der Waals surface area (Å²) in [4.78, 5) is 4.95. The van der Waals surface area contributed by atoms with Crippen molar-refractivity contribution in [1.29, 1.82) is 0 Å². The van der Waals surface area contributed by atoms with Gasteiger partial charge in [0.1, 0.15) is 0 Å². The lowest BCUT2D eigenvalue weighted by molar-refractivity contribution is 0.749. The summed E-state index contributed by atoms with van der Waals surface area (Å²) >= 11 is 0. The molecular formula is C78H52N2. The Kier molecular flexibility index (Phi) is 9.43. The smallest absolute Gasteiger partial charge is 0.0754 e. The summed E-state index contributed by atoms with van der Waals surface area (Å²) in [5, 5.41) is 4.88. The first-order valence-corrected chi connectivity index (χ1v) is 28.0. The third-order valence-corrected chi connectivity index (χ3v) is 18.7. The molecule has 0 radical (unpaired) electrons. The number of hydrogen-bond donors (Lipinski definition) is 0. The van der Waals surface area contributed by atoms with Crippen molar-refractivity contribution in [1.82, 2.24) is 0 Å². The van der Waals surface area contributed by atoms with Crippen molar-refractivity contribution in [3.63, 3.8) is 0 Å². The van der Waals surface area contributed by atoms with Crippen molar-refractivity contribution in [3.8, 4) is 66.8 Å². The van der Waals surface area contributed by atoms with Gasteiger partial charge in [0.15, 0.2) is 0 Å². The predicted octanol–water partition coefficient (Wildman–Crippen LogP) is 19.5. The van der Waals surface area contributed by atoms with Crippen LogP contribution in [0.2, 0.25) is 0 Å². The molecule has 0 saturated heterocycles. The van der Waals surface area contributed by atoms with Crippen LogP contribution in [0.15, 0.2) is 279 Å². The Morgan fingerprint density at radius 2 is 0.537 bits per heavy atom. The summed E-state index contributed by atoms with van der Waals surface area (Å²) in [5.74, 6) is 0. The maximum Gasteiger partial charge on any atom is 0.0754 e. The highest BCUT2D eigenvalue weighted by Gasteiger charge is 2.53. The van der Waals surface area contributed by atoms with Crippen LogP contribution < -0.4 is 9.80 Å². The van der Waals surface area contributed by atoms with Gasteiger partial charge < -0.3 is 9.80 Å². The Morgan fingerprint density at radius 1 is 0.225 bits per heavy atom. The molecule has 2 spiro atoms. The second kappa shape index (κ2) is 16.7. The molecule has 2 aliphatic carbocycles. The Bertz CT molecular complexity index is 4410. The molecule has 4 aliphatic rings. The summed E-state index contributed by atoms with van der Waals surface area (Å²) in [6.07, 6.45) is 0. The van der Waals surface area contributed by atoms with Gasteiger partial charge in [-0.25, -0.2) is 0 Å². The van der Waals surface area contributed by atoms with E-state index in [9.17, 15) is 0 Å². The Morgan fingerprint density at radius 3 is 0.975 bits per heavy atom. The standard InChI is InChI=1S/C78H52N2/c1-79-72-42-16-14-38-68(72)77(64-34-10-6-24-54(64)55-25-7-11-35-65(55)77)70-40-20-32-60(75(70)79)52-28-18-30-58-62(52)48-63-53(29-19-31-59(63)74(58)51-46-44-50(45-47-51)49-22-4-3-5-23-49)61-33-21-41-71-76(61)80(2)73-43-17-15-39-69(73)78(71)66-36-12-8-26-56(66)57-27-9-13-37-67(57)78/h3-48H,1-2H3. The normalized spacial score (nSPS) is 14.3. The molecular weight excluding hydrogens is 965 g/mol. The molecule has 17 rings (SSSR count). The molecule has 80 heavy (non-hydrogen) atoms. The van der Waals surface area contributed by atoms with Gasteiger partial charge in [0.05, 0.1) is 22.2 Å². The van der Waals surface area contributed by atoms with Gasteiger partial charge in [0.2, 0.25) is 0 Å². The number of anilines is 4. The molecule has 374 valence electrons. The van der Waals surface area contributed by atoms with E-state index in [0.717, 1.165) is 0 Å². The van der Waals surface area contributed by atoms with Crippen LogP contribution in [0, 0.1) is 0 Å². The fraction of sp³-hybridized carbons (Fsp3) is 0.0513. The highest BCUT2D eigenvalue weighted by Crippen LogP contribution is 2.65. The van der Waals surface area contributed by atoms with Gasteiger partial charge in [-0.1, -0.05) is 261 Å². The van der Waals surface area contributed by atoms with E-state index < -0.39 is 10.8 Å². The minimum atomic E-state index is -0.521. The third-order valence-electron chi connectivity index (χ3n) is 18.7. The quantitative estimate of drug-likeness (QED) is 0.162. The van der Waals surface area contributed by atoms with E-state index in [1.807, 2.05) is 0 Å². The van der Waals surface area contributed by atoms with E-state index in [4.69, 9.17) is 0 Å². The van der Waals surface area contributed by atoms with Gasteiger partial charge in [-0.3, -0.25) is 0 Å². The van der Waals surface area contributed by atoms with Crippen molar-refractivity contribution in [2.45, 2.75) is 10.8 Å². The molecule has 2 nitrogen and oxygen atoms in total. The molecule has 0 N–H and O–H groups in total. The second-order valence-corrected chi connectivity index (χ2v) is 22.2. The minimum Gasteiger partial charge on any atom is -0.344 e. The maximum atomic E-state index is 2.54. The van der Waals surface area contributed by atoms with Crippen LogP contribution in [-0.4, -0.2) is 14.1 Å². The van der Waals surface area contributed by atoms with Gasteiger partial charge in [0, 0.05) is 36.6 Å². The van der Waals surface area contributed by atoms with E-state index in [2.05, 4.69) is 303 Å². The maximum absolute atomic E-state index is 2.54. The van der Waals surface area contributed by atoms with Crippen molar-refractivity contribution in [2.75, 3.05) is 23.9 Å². The summed E-state index contributed by atoms with van der Waals surface area (Å²) in [6, 6.07) is 106. The summed E-state index contributed by atoms with van der Waals surface area (Å²) in [7, 11) is 4.56. The number of para-hydroxylation sites is 4. The van der Waals surface area contributed by atoms with Crippen LogP contribution in [0.4, 0.5) is 22.7 Å². The van der Waals surface area contributed by atoms with E-state index >= 15 is 0 Å². The molecule has 0 saturated carbocycles. The second-order valence-electron chi connectivity index (χ2n) is 22.2. The molecule has 0 amide bonds. The van der Waals surface area contributed by atoms with Crippen molar-refractivity contribution in [3.05, 3.63) is 324 Å². The van der Waals surface area contributed by atoms with E-state index in [0.29, 0.717) is 0 Å². The topological polar surface area (TPSA) is 6.48 Å². The molecule has 0 fully saturated rings. The highest BCUT2D eigenvalue weighted by atomic mass is 15.1. The van der Waals surface area contributed by atoms with Gasteiger partial charge in [0.25, 0.3) is 0 Å². The van der Waals surface area contributed by atoms with Crippen molar-refractivity contribution < 1.29 is 0 Å². The molecule has 0 atom stereocenters.